The molecule has 1 saturated heterocycles. The SMILES string of the molecule is CC1(C)CCCN1C(CN)c1cc(Cl)c2c(c1)OCCO2. The monoisotopic (exact) mass is 310 g/mol. The van der Waals surface area contributed by atoms with Gasteiger partial charge in [0.2, 0.25) is 0 Å². The van der Waals surface area contributed by atoms with E-state index < -0.39 is 0 Å². The first-order valence-electron chi connectivity index (χ1n) is 7.59. The Balaban J connectivity index is 1.96. The van der Waals surface area contributed by atoms with E-state index in [1.54, 1.807) is 0 Å². The summed E-state index contributed by atoms with van der Waals surface area (Å²) in [7, 11) is 0. The van der Waals surface area contributed by atoms with Crippen LogP contribution >= 0.6 is 11.6 Å². The van der Waals surface area contributed by atoms with E-state index in [1.807, 2.05) is 12.1 Å². The third kappa shape index (κ3) is 2.72. The van der Waals surface area contributed by atoms with Gasteiger partial charge in [-0.2, -0.15) is 0 Å². The lowest BCUT2D eigenvalue weighted by Gasteiger charge is -2.38. The summed E-state index contributed by atoms with van der Waals surface area (Å²) in [6, 6.07) is 4.17. The molecule has 1 aromatic rings. The number of hydrogen-bond acceptors (Lipinski definition) is 4. The lowest BCUT2D eigenvalue weighted by atomic mass is 9.97. The Morgan fingerprint density at radius 3 is 2.76 bits per heavy atom. The number of ether oxygens (including phenoxy) is 2. The fourth-order valence-electron chi connectivity index (χ4n) is 3.47. The second kappa shape index (κ2) is 5.67. The molecule has 5 heteroatoms. The normalized spacial score (nSPS) is 22.3. The van der Waals surface area contributed by atoms with E-state index in [0.717, 1.165) is 17.9 Å². The van der Waals surface area contributed by atoms with Gasteiger partial charge in [0.05, 0.1) is 5.02 Å². The first-order valence-corrected chi connectivity index (χ1v) is 7.96. The minimum atomic E-state index is 0.163. The van der Waals surface area contributed by atoms with E-state index in [0.29, 0.717) is 30.5 Å². The van der Waals surface area contributed by atoms with Gasteiger partial charge < -0.3 is 15.2 Å². The molecule has 1 unspecified atom stereocenters. The number of likely N-dealkylation sites (tertiary alicyclic amines) is 1. The molecule has 1 fully saturated rings. The summed E-state index contributed by atoms with van der Waals surface area (Å²) in [5.74, 6) is 1.39. The lowest BCUT2D eigenvalue weighted by Crippen LogP contribution is -2.43. The highest BCUT2D eigenvalue weighted by Crippen LogP contribution is 2.42. The summed E-state index contributed by atoms with van der Waals surface area (Å²) in [6.07, 6.45) is 2.41. The molecular formula is C16H23ClN2O2. The van der Waals surface area contributed by atoms with Crippen molar-refractivity contribution in [2.75, 3.05) is 26.3 Å². The first kappa shape index (κ1) is 14.9. The Bertz CT molecular complexity index is 533. The average Bonchev–Trinajstić information content (AvgIpc) is 2.80. The van der Waals surface area contributed by atoms with Crippen LogP contribution in [0.4, 0.5) is 0 Å². The molecule has 0 saturated carbocycles. The number of halogens is 1. The topological polar surface area (TPSA) is 47.7 Å². The van der Waals surface area contributed by atoms with Crippen LogP contribution in [0.2, 0.25) is 5.02 Å². The maximum atomic E-state index is 6.36. The van der Waals surface area contributed by atoms with Crippen molar-refractivity contribution in [2.24, 2.45) is 5.73 Å². The van der Waals surface area contributed by atoms with Crippen LogP contribution in [0.15, 0.2) is 12.1 Å². The Morgan fingerprint density at radius 1 is 1.33 bits per heavy atom. The van der Waals surface area contributed by atoms with Gasteiger partial charge in [0.1, 0.15) is 13.2 Å². The second-order valence-electron chi connectivity index (χ2n) is 6.39. The summed E-state index contributed by atoms with van der Waals surface area (Å²) in [5.41, 5.74) is 7.36. The zero-order chi connectivity index (χ0) is 15.0. The van der Waals surface area contributed by atoms with Crippen molar-refractivity contribution < 1.29 is 9.47 Å². The van der Waals surface area contributed by atoms with Crippen molar-refractivity contribution in [1.82, 2.24) is 4.90 Å². The molecule has 0 bridgehead atoms. The van der Waals surface area contributed by atoms with Crippen molar-refractivity contribution in [2.45, 2.75) is 38.3 Å². The minimum Gasteiger partial charge on any atom is -0.486 e. The van der Waals surface area contributed by atoms with E-state index in [1.165, 1.54) is 12.8 Å². The van der Waals surface area contributed by atoms with E-state index >= 15 is 0 Å². The molecule has 0 radical (unpaired) electrons. The number of benzene rings is 1. The quantitative estimate of drug-likeness (QED) is 0.932. The zero-order valence-corrected chi connectivity index (χ0v) is 13.4. The van der Waals surface area contributed by atoms with Crippen LogP contribution in [0, 0.1) is 0 Å². The lowest BCUT2D eigenvalue weighted by molar-refractivity contribution is 0.118. The van der Waals surface area contributed by atoms with Crippen LogP contribution in [0.1, 0.15) is 38.3 Å². The molecule has 4 nitrogen and oxygen atoms in total. The van der Waals surface area contributed by atoms with Crippen molar-refractivity contribution >= 4 is 11.6 Å². The van der Waals surface area contributed by atoms with Gasteiger partial charge in [-0.3, -0.25) is 4.90 Å². The Hall–Kier alpha value is -0.970. The van der Waals surface area contributed by atoms with Gasteiger partial charge in [-0.25, -0.2) is 0 Å². The Kier molecular flexibility index (Phi) is 4.04. The van der Waals surface area contributed by atoms with Crippen molar-refractivity contribution in [3.05, 3.63) is 22.7 Å². The molecule has 21 heavy (non-hydrogen) atoms. The van der Waals surface area contributed by atoms with Gasteiger partial charge in [-0.05, 0) is 50.9 Å². The smallest absolute Gasteiger partial charge is 0.179 e. The molecule has 1 atom stereocenters. The van der Waals surface area contributed by atoms with Gasteiger partial charge in [-0.1, -0.05) is 11.6 Å². The number of fused-ring (bicyclic) bond motifs is 1. The predicted octanol–water partition coefficient (Wildman–Crippen LogP) is 2.99. The number of rotatable bonds is 3. The molecule has 2 aliphatic rings. The van der Waals surface area contributed by atoms with E-state index in [-0.39, 0.29) is 11.6 Å². The molecule has 116 valence electrons. The van der Waals surface area contributed by atoms with Crippen molar-refractivity contribution in [3.63, 3.8) is 0 Å². The van der Waals surface area contributed by atoms with Crippen LogP contribution in [-0.4, -0.2) is 36.7 Å². The fraction of sp³-hybridized carbons (Fsp3) is 0.625. The predicted molar refractivity (Wildman–Crippen MR) is 84.3 cm³/mol. The van der Waals surface area contributed by atoms with Crippen LogP contribution < -0.4 is 15.2 Å². The fourth-order valence-corrected chi connectivity index (χ4v) is 3.75. The van der Waals surface area contributed by atoms with Crippen LogP contribution in [0.5, 0.6) is 11.5 Å². The standard InChI is InChI=1S/C16H23ClN2O2/c1-16(2)4-3-5-19(16)13(10-18)11-8-12(17)15-14(9-11)20-6-7-21-15/h8-9,13H,3-7,10,18H2,1-2H3. The second-order valence-corrected chi connectivity index (χ2v) is 6.79. The van der Waals surface area contributed by atoms with Crippen molar-refractivity contribution in [1.29, 1.82) is 0 Å². The van der Waals surface area contributed by atoms with E-state index in [9.17, 15) is 0 Å². The summed E-state index contributed by atoms with van der Waals surface area (Å²) in [5, 5.41) is 0.609. The van der Waals surface area contributed by atoms with E-state index in [2.05, 4.69) is 18.7 Å². The molecule has 1 aromatic carbocycles. The Morgan fingerprint density at radius 2 is 2.10 bits per heavy atom. The van der Waals surface area contributed by atoms with Gasteiger partial charge in [-0.15, -0.1) is 0 Å². The molecule has 2 heterocycles. The zero-order valence-electron chi connectivity index (χ0n) is 12.7. The molecule has 0 spiro atoms. The highest BCUT2D eigenvalue weighted by Gasteiger charge is 2.37. The van der Waals surface area contributed by atoms with Gasteiger partial charge >= 0.3 is 0 Å². The van der Waals surface area contributed by atoms with Crippen LogP contribution in [-0.2, 0) is 0 Å². The molecule has 0 aromatic heterocycles. The highest BCUT2D eigenvalue weighted by molar-refractivity contribution is 6.32. The highest BCUT2D eigenvalue weighted by atomic mass is 35.5. The third-order valence-electron chi connectivity index (χ3n) is 4.57. The van der Waals surface area contributed by atoms with Gasteiger partial charge in [0.15, 0.2) is 11.5 Å². The van der Waals surface area contributed by atoms with Crippen LogP contribution in [0.3, 0.4) is 0 Å². The Labute approximate surface area is 131 Å². The largest absolute Gasteiger partial charge is 0.486 e. The molecule has 2 N–H and O–H groups in total. The summed E-state index contributed by atoms with van der Waals surface area (Å²) in [6.45, 7) is 7.31. The summed E-state index contributed by atoms with van der Waals surface area (Å²) in [4.78, 5) is 2.48. The molecular weight excluding hydrogens is 288 g/mol. The van der Waals surface area contributed by atoms with Gasteiger partial charge in [0.25, 0.3) is 0 Å². The van der Waals surface area contributed by atoms with Gasteiger partial charge in [0, 0.05) is 18.1 Å². The summed E-state index contributed by atoms with van der Waals surface area (Å²) >= 11 is 6.36. The number of nitrogens with zero attached hydrogens (tertiary/aromatic N) is 1. The minimum absolute atomic E-state index is 0.163. The molecule has 0 amide bonds. The maximum absolute atomic E-state index is 6.36. The number of nitrogens with two attached hydrogens (primary N) is 1. The first-order chi connectivity index (χ1) is 10.0. The van der Waals surface area contributed by atoms with Crippen LogP contribution in [0.25, 0.3) is 0 Å². The maximum Gasteiger partial charge on any atom is 0.179 e. The third-order valence-corrected chi connectivity index (χ3v) is 4.85. The molecule has 0 aliphatic carbocycles. The molecule has 3 rings (SSSR count). The number of hydrogen-bond donors (Lipinski definition) is 1. The molecule has 2 aliphatic heterocycles. The summed E-state index contributed by atoms with van der Waals surface area (Å²) < 4.78 is 11.3. The average molecular weight is 311 g/mol. The van der Waals surface area contributed by atoms with Crippen molar-refractivity contribution in [3.8, 4) is 11.5 Å². The van der Waals surface area contributed by atoms with E-state index in [4.69, 9.17) is 26.8 Å².